The topological polar surface area (TPSA) is 193 Å². The van der Waals surface area contributed by atoms with Crippen molar-refractivity contribution in [3.8, 4) is 11.1 Å². The molecule has 5 aromatic carbocycles. The Morgan fingerprint density at radius 3 is 1.98 bits per heavy atom. The lowest BCUT2D eigenvalue weighted by Gasteiger charge is -2.24. The Hall–Kier alpha value is -6.49. The zero-order valence-corrected chi connectivity index (χ0v) is 31.9. The number of hydrogen-bond acceptors (Lipinski definition) is 6. The average molecular weight is 786 g/mol. The third-order valence-electron chi connectivity index (χ3n) is 9.48. The highest BCUT2D eigenvalue weighted by atomic mass is 31.2. The number of aromatic nitrogens is 1. The Morgan fingerprint density at radius 1 is 0.684 bits per heavy atom. The molecule has 1 aromatic heterocycles. The maximum absolute atomic E-state index is 14.0. The van der Waals surface area contributed by atoms with Crippen LogP contribution >= 0.6 is 7.37 Å². The molecular formula is C44H44N5O7P. The summed E-state index contributed by atoms with van der Waals surface area (Å²) in [5.41, 5.74) is 11.3. The number of para-hydroxylation sites is 1. The molecule has 1 heterocycles. The monoisotopic (exact) mass is 785 g/mol. The molecule has 0 saturated heterocycles. The van der Waals surface area contributed by atoms with Crippen molar-refractivity contribution in [2.45, 2.75) is 37.6 Å². The Labute approximate surface area is 330 Å². The first-order chi connectivity index (χ1) is 27.5. The predicted molar refractivity (Wildman–Crippen MR) is 219 cm³/mol. The summed E-state index contributed by atoms with van der Waals surface area (Å²) in [6, 6.07) is 39.1. The van der Waals surface area contributed by atoms with Gasteiger partial charge in [-0.15, -0.1) is 0 Å². The molecule has 12 nitrogen and oxygen atoms in total. The van der Waals surface area contributed by atoms with Gasteiger partial charge in [0.25, 0.3) is 0 Å². The minimum Gasteiger partial charge on any atom is -0.445 e. The number of aromatic amines is 1. The molecule has 0 saturated carbocycles. The molecule has 0 fully saturated rings. The minimum absolute atomic E-state index is 0.00395. The van der Waals surface area contributed by atoms with Gasteiger partial charge in [0, 0.05) is 36.1 Å². The van der Waals surface area contributed by atoms with Crippen LogP contribution in [0.5, 0.6) is 0 Å². The van der Waals surface area contributed by atoms with Gasteiger partial charge < -0.3 is 36.3 Å². The maximum Gasteiger partial charge on any atom is 0.407 e. The maximum atomic E-state index is 14.0. The van der Waals surface area contributed by atoms with Gasteiger partial charge in [0.05, 0.1) is 6.04 Å². The lowest BCUT2D eigenvalue weighted by atomic mass is 9.99. The molecule has 7 N–H and O–H groups in total. The third kappa shape index (κ3) is 11.5. The van der Waals surface area contributed by atoms with E-state index in [4.69, 9.17) is 10.5 Å². The van der Waals surface area contributed by atoms with Gasteiger partial charge in [-0.05, 0) is 39.4 Å². The summed E-state index contributed by atoms with van der Waals surface area (Å²) < 4.78 is 19.1. The van der Waals surface area contributed by atoms with Crippen LogP contribution in [0.25, 0.3) is 22.0 Å². The number of nitrogens with two attached hydrogens (primary N) is 1. The molecule has 6 rings (SSSR count). The molecule has 0 bridgehead atoms. The van der Waals surface area contributed by atoms with E-state index in [0.29, 0.717) is 11.1 Å². The van der Waals surface area contributed by atoms with Crippen LogP contribution in [0.1, 0.15) is 28.3 Å². The van der Waals surface area contributed by atoms with Gasteiger partial charge in [-0.3, -0.25) is 18.9 Å². The second-order valence-electron chi connectivity index (χ2n) is 13.8. The van der Waals surface area contributed by atoms with Gasteiger partial charge in [0.15, 0.2) is 0 Å². The number of amides is 4. The number of H-pyrrole nitrogens is 1. The number of ether oxygens (including phenoxy) is 1. The Balaban J connectivity index is 1.15. The van der Waals surface area contributed by atoms with Crippen molar-refractivity contribution in [1.29, 1.82) is 0 Å². The smallest absolute Gasteiger partial charge is 0.407 e. The minimum atomic E-state index is -4.31. The third-order valence-corrected chi connectivity index (χ3v) is 11.2. The van der Waals surface area contributed by atoms with Crippen LogP contribution in [0.15, 0.2) is 146 Å². The quantitative estimate of drug-likeness (QED) is 0.0610. The summed E-state index contributed by atoms with van der Waals surface area (Å²) in [7, 11) is -4.31. The molecule has 0 aliphatic carbocycles. The molecule has 0 radical (unpaired) electrons. The van der Waals surface area contributed by atoms with Crippen LogP contribution in [0, 0.1) is 0 Å². The fourth-order valence-electron chi connectivity index (χ4n) is 6.57. The summed E-state index contributed by atoms with van der Waals surface area (Å²) in [4.78, 5) is 67.4. The van der Waals surface area contributed by atoms with Crippen LogP contribution < -0.4 is 21.7 Å². The largest absolute Gasteiger partial charge is 0.445 e. The number of carbonyl (C=O) groups is 4. The summed E-state index contributed by atoms with van der Waals surface area (Å²) in [5.74, 6) is -2.34. The van der Waals surface area contributed by atoms with Crippen molar-refractivity contribution in [2.75, 3.05) is 12.3 Å². The second-order valence-corrected chi connectivity index (χ2v) is 16.1. The highest BCUT2D eigenvalue weighted by Crippen LogP contribution is 2.44. The van der Waals surface area contributed by atoms with E-state index >= 15 is 0 Å². The summed E-state index contributed by atoms with van der Waals surface area (Å²) in [5, 5.41) is 8.83. The molecule has 4 atom stereocenters. The fourth-order valence-corrected chi connectivity index (χ4v) is 8.11. The van der Waals surface area contributed by atoms with Gasteiger partial charge in [-0.2, -0.15) is 0 Å². The first kappa shape index (κ1) is 40.2. The van der Waals surface area contributed by atoms with Gasteiger partial charge in [0.2, 0.25) is 25.1 Å². The molecule has 0 aliphatic rings. The lowest BCUT2D eigenvalue weighted by molar-refractivity contribution is -0.130. The first-order valence-electron chi connectivity index (χ1n) is 18.4. The fraction of sp³-hybridized carbons (Fsp3) is 0.182. The number of primary amides is 1. The van der Waals surface area contributed by atoms with Crippen LogP contribution in [-0.2, 0) is 43.1 Å². The molecule has 292 valence electrons. The Bertz CT molecular complexity index is 2340. The molecule has 2 unspecified atom stereocenters. The van der Waals surface area contributed by atoms with Gasteiger partial charge in [0.1, 0.15) is 24.9 Å². The van der Waals surface area contributed by atoms with Crippen LogP contribution in [0.2, 0.25) is 0 Å². The van der Waals surface area contributed by atoms with E-state index in [9.17, 15) is 28.6 Å². The first-order valence-corrected chi connectivity index (χ1v) is 20.5. The van der Waals surface area contributed by atoms with E-state index in [-0.39, 0.29) is 19.4 Å². The molecule has 0 aliphatic heterocycles. The number of carbonyl (C=O) groups excluding carboxylic acids is 4. The molecule has 57 heavy (non-hydrogen) atoms. The molecule has 6 aromatic rings. The summed E-state index contributed by atoms with van der Waals surface area (Å²) in [6.07, 6.45) is -0.323. The lowest BCUT2D eigenvalue weighted by Crippen LogP contribution is -2.54. The number of fused-ring (bicyclic) bond motifs is 1. The van der Waals surface area contributed by atoms with Gasteiger partial charge in [-0.25, -0.2) is 4.79 Å². The van der Waals surface area contributed by atoms with Gasteiger partial charge in [-0.1, -0.05) is 133 Å². The Kier molecular flexibility index (Phi) is 13.3. The van der Waals surface area contributed by atoms with Crippen LogP contribution in [0.4, 0.5) is 4.79 Å². The Morgan fingerprint density at radius 2 is 1.30 bits per heavy atom. The number of alkyl carbamates (subject to hydrolysis) is 1. The number of rotatable bonds is 17. The number of nitrogens with one attached hydrogen (secondary N) is 4. The van der Waals surface area contributed by atoms with Crippen molar-refractivity contribution in [1.82, 2.24) is 20.9 Å². The van der Waals surface area contributed by atoms with Crippen LogP contribution in [-0.4, -0.2) is 58.1 Å². The molecular weight excluding hydrogens is 741 g/mol. The van der Waals surface area contributed by atoms with Crippen molar-refractivity contribution >= 4 is 42.1 Å². The SMILES string of the molecule is NC(=O)[C@H](Cc1ccc(-c2ccccc2)cc1)NC(=O)[C@H](Cc1c[nH]c2ccccc12)NC(=O)CP(=O)(O)CC(NC(=O)OCc1ccccc1)c1ccccc1. The zero-order valence-electron chi connectivity index (χ0n) is 31.0. The van der Waals surface area contributed by atoms with E-state index in [1.807, 2.05) is 97.1 Å². The van der Waals surface area contributed by atoms with Crippen LogP contribution in [0.3, 0.4) is 0 Å². The molecule has 0 spiro atoms. The normalized spacial score (nSPS) is 13.7. The highest BCUT2D eigenvalue weighted by Gasteiger charge is 2.32. The summed E-state index contributed by atoms with van der Waals surface area (Å²) >= 11 is 0. The summed E-state index contributed by atoms with van der Waals surface area (Å²) in [6.45, 7) is -0.00952. The van der Waals surface area contributed by atoms with E-state index < -0.39 is 61.6 Å². The second kappa shape index (κ2) is 18.9. The molecule has 13 heteroatoms. The number of benzene rings is 5. The van der Waals surface area contributed by atoms with E-state index in [1.54, 1.807) is 48.7 Å². The van der Waals surface area contributed by atoms with E-state index in [0.717, 1.165) is 33.2 Å². The predicted octanol–water partition coefficient (Wildman–Crippen LogP) is 6.01. The highest BCUT2D eigenvalue weighted by molar-refractivity contribution is 7.59. The average Bonchev–Trinajstić information content (AvgIpc) is 3.62. The van der Waals surface area contributed by atoms with E-state index in [1.165, 1.54) is 0 Å². The van der Waals surface area contributed by atoms with Crippen molar-refractivity contribution in [3.63, 3.8) is 0 Å². The van der Waals surface area contributed by atoms with Crippen molar-refractivity contribution in [3.05, 3.63) is 168 Å². The number of hydrogen-bond donors (Lipinski definition) is 6. The van der Waals surface area contributed by atoms with E-state index in [2.05, 4.69) is 20.9 Å². The zero-order chi connectivity index (χ0) is 40.2. The van der Waals surface area contributed by atoms with Crippen molar-refractivity contribution < 1.29 is 33.4 Å². The molecule has 4 amide bonds. The van der Waals surface area contributed by atoms with Crippen molar-refractivity contribution in [2.24, 2.45) is 5.73 Å². The van der Waals surface area contributed by atoms with Gasteiger partial charge >= 0.3 is 6.09 Å². The standard InChI is InChI=1S/C44H44N5O7P/c45-42(51)38(24-30-20-22-33(23-21-30)32-14-6-2-7-15-32)48-43(52)39(25-35-26-46-37-19-11-10-18-36(35)37)47-41(50)29-57(54,55)28-40(34-16-8-3-9-17-34)49-44(53)56-27-31-12-4-1-5-13-31/h1-23,26,38-40,46H,24-25,27-29H2,(H2,45,51)(H,47,50)(H,48,52)(H,49,53)(H,54,55)/t38-,39-,40?/m0/s1.